The minimum Gasteiger partial charge on any atom is -0.386 e. The molecular weight excluding hydrogens is 519 g/mol. The van der Waals surface area contributed by atoms with Gasteiger partial charge in [0.15, 0.2) is 5.96 Å². The minimum absolute atomic E-state index is 0. The Morgan fingerprint density at radius 1 is 1.17 bits per heavy atom. The van der Waals surface area contributed by atoms with Gasteiger partial charge in [0.05, 0.1) is 10.9 Å². The first kappa shape index (κ1) is 26.2. The van der Waals surface area contributed by atoms with Crippen LogP contribution in [0.2, 0.25) is 4.34 Å². The molecule has 0 amide bonds. The third-order valence-electron chi connectivity index (χ3n) is 4.56. The number of rotatable bonds is 9. The number of nitrogens with zero attached hydrogens (tertiary/aromatic N) is 2. The average Bonchev–Trinajstić information content (AvgIpc) is 3.11. The quantitative estimate of drug-likeness (QED) is 0.242. The van der Waals surface area contributed by atoms with Crippen molar-refractivity contribution in [2.24, 2.45) is 4.99 Å². The van der Waals surface area contributed by atoms with Crippen molar-refractivity contribution < 1.29 is 5.11 Å². The second-order valence-electron chi connectivity index (χ2n) is 7.01. The maximum absolute atomic E-state index is 10.3. The Kier molecular flexibility index (Phi) is 12.1. The average molecular weight is 551 g/mol. The lowest BCUT2D eigenvalue weighted by Gasteiger charge is -2.22. The zero-order chi connectivity index (χ0) is 20.5. The monoisotopic (exact) mass is 550 g/mol. The summed E-state index contributed by atoms with van der Waals surface area (Å²) >= 11 is 7.34. The van der Waals surface area contributed by atoms with Crippen molar-refractivity contribution in [2.75, 3.05) is 20.1 Å². The minimum atomic E-state index is -0.617. The fraction of sp³-hybridized carbons (Fsp3) is 0.476. The maximum Gasteiger partial charge on any atom is 0.191 e. The number of aliphatic imine (C=N–C) groups is 1. The zero-order valence-corrected chi connectivity index (χ0v) is 21.4. The highest BCUT2D eigenvalue weighted by atomic mass is 127. The van der Waals surface area contributed by atoms with Gasteiger partial charge in [-0.15, -0.1) is 35.3 Å². The van der Waals surface area contributed by atoms with Gasteiger partial charge in [-0.05, 0) is 51.1 Å². The number of aliphatic hydroxyl groups is 1. The highest BCUT2D eigenvalue weighted by Gasteiger charge is 2.12. The molecule has 0 bridgehead atoms. The molecule has 0 aliphatic carbocycles. The molecule has 0 saturated carbocycles. The predicted molar refractivity (Wildman–Crippen MR) is 136 cm³/mol. The molecule has 0 spiro atoms. The van der Waals surface area contributed by atoms with Crippen LogP contribution in [0.5, 0.6) is 0 Å². The SMILES string of the molecule is CCNC(=NCc1ccccc1CN(C)C(C)C)NCC(O)c1ccc(Cl)s1.I. The molecule has 2 aromatic rings. The van der Waals surface area contributed by atoms with Gasteiger partial charge in [-0.1, -0.05) is 35.9 Å². The number of hydrogen-bond acceptors (Lipinski definition) is 4. The molecule has 5 nitrogen and oxygen atoms in total. The first-order valence-electron chi connectivity index (χ1n) is 9.63. The maximum atomic E-state index is 10.3. The molecule has 29 heavy (non-hydrogen) atoms. The number of thiophene rings is 1. The number of nitrogens with one attached hydrogen (secondary N) is 2. The van der Waals surface area contributed by atoms with E-state index in [4.69, 9.17) is 16.6 Å². The lowest BCUT2D eigenvalue weighted by Crippen LogP contribution is -2.39. The molecule has 1 aromatic heterocycles. The van der Waals surface area contributed by atoms with Crippen LogP contribution >= 0.6 is 46.9 Å². The van der Waals surface area contributed by atoms with Crippen molar-refractivity contribution in [3.8, 4) is 0 Å². The Hall–Kier alpha value is -0.870. The molecule has 0 aliphatic rings. The normalized spacial score (nSPS) is 12.8. The summed E-state index contributed by atoms with van der Waals surface area (Å²) in [7, 11) is 2.13. The largest absolute Gasteiger partial charge is 0.386 e. The molecule has 8 heteroatoms. The van der Waals surface area contributed by atoms with Gasteiger partial charge in [0.1, 0.15) is 6.10 Å². The van der Waals surface area contributed by atoms with E-state index in [-0.39, 0.29) is 24.0 Å². The third-order valence-corrected chi connectivity index (χ3v) is 5.89. The van der Waals surface area contributed by atoms with Crippen molar-refractivity contribution in [3.05, 3.63) is 56.7 Å². The molecule has 0 radical (unpaired) electrons. The van der Waals surface area contributed by atoms with Crippen LogP contribution in [0.1, 0.15) is 42.9 Å². The third kappa shape index (κ3) is 8.80. The smallest absolute Gasteiger partial charge is 0.191 e. The van der Waals surface area contributed by atoms with Gasteiger partial charge in [-0.2, -0.15) is 0 Å². The number of aliphatic hydroxyl groups excluding tert-OH is 1. The second-order valence-corrected chi connectivity index (χ2v) is 8.76. The van der Waals surface area contributed by atoms with Crippen LogP contribution in [0.4, 0.5) is 0 Å². The van der Waals surface area contributed by atoms with E-state index in [1.807, 2.05) is 19.1 Å². The van der Waals surface area contributed by atoms with E-state index in [9.17, 15) is 5.11 Å². The molecule has 1 aromatic carbocycles. The van der Waals surface area contributed by atoms with Gasteiger partial charge in [-0.25, -0.2) is 4.99 Å². The number of guanidine groups is 1. The lowest BCUT2D eigenvalue weighted by atomic mass is 10.1. The molecule has 2 rings (SSSR count). The topological polar surface area (TPSA) is 59.9 Å². The Morgan fingerprint density at radius 3 is 2.45 bits per heavy atom. The first-order valence-corrected chi connectivity index (χ1v) is 10.8. The molecule has 3 N–H and O–H groups in total. The van der Waals surface area contributed by atoms with Crippen LogP contribution in [0.25, 0.3) is 0 Å². The van der Waals surface area contributed by atoms with Crippen molar-refractivity contribution in [2.45, 2.75) is 46.0 Å². The first-order chi connectivity index (χ1) is 13.4. The standard InChI is InChI=1S/C21H31ClN4OS.HI/c1-5-23-21(25-13-18(27)19-10-11-20(22)28-19)24-12-16-8-6-7-9-17(16)14-26(4)15(2)3;/h6-11,15,18,27H,5,12-14H2,1-4H3,(H2,23,24,25);1H. The summed E-state index contributed by atoms with van der Waals surface area (Å²) in [6.45, 7) is 9.02. The Morgan fingerprint density at radius 2 is 1.86 bits per heavy atom. The Labute approximate surface area is 200 Å². The van der Waals surface area contributed by atoms with Gasteiger partial charge < -0.3 is 15.7 Å². The fourth-order valence-corrected chi connectivity index (χ4v) is 3.67. The number of hydrogen-bond donors (Lipinski definition) is 3. The van der Waals surface area contributed by atoms with Gasteiger partial charge in [0.25, 0.3) is 0 Å². The summed E-state index contributed by atoms with van der Waals surface area (Å²) in [4.78, 5) is 7.87. The predicted octanol–water partition coefficient (Wildman–Crippen LogP) is 4.65. The van der Waals surface area contributed by atoms with Crippen LogP contribution in [0.15, 0.2) is 41.4 Å². The van der Waals surface area contributed by atoms with E-state index in [0.29, 0.717) is 29.4 Å². The zero-order valence-electron chi connectivity index (χ0n) is 17.5. The number of halogens is 2. The summed E-state index contributed by atoms with van der Waals surface area (Å²) in [5.41, 5.74) is 2.49. The summed E-state index contributed by atoms with van der Waals surface area (Å²) in [6.07, 6.45) is -0.617. The van der Waals surface area contributed by atoms with Gasteiger partial charge in [0.2, 0.25) is 0 Å². The highest BCUT2D eigenvalue weighted by Crippen LogP contribution is 2.26. The Balaban J connectivity index is 0.00000420. The van der Waals surface area contributed by atoms with Crippen molar-refractivity contribution in [1.29, 1.82) is 0 Å². The van der Waals surface area contributed by atoms with Crippen molar-refractivity contribution in [3.63, 3.8) is 0 Å². The lowest BCUT2D eigenvalue weighted by molar-refractivity contribution is 0.184. The number of benzene rings is 1. The summed E-state index contributed by atoms with van der Waals surface area (Å²) < 4.78 is 0.678. The van der Waals surface area contributed by atoms with Gasteiger partial charge >= 0.3 is 0 Å². The van der Waals surface area contributed by atoms with E-state index in [1.165, 1.54) is 22.5 Å². The molecule has 0 aliphatic heterocycles. The van der Waals surface area contributed by atoms with Crippen LogP contribution in [0.3, 0.4) is 0 Å². The van der Waals surface area contributed by atoms with Crippen molar-refractivity contribution in [1.82, 2.24) is 15.5 Å². The van der Waals surface area contributed by atoms with E-state index < -0.39 is 6.10 Å². The van der Waals surface area contributed by atoms with E-state index >= 15 is 0 Å². The van der Waals surface area contributed by atoms with Crippen LogP contribution in [0, 0.1) is 0 Å². The van der Waals surface area contributed by atoms with Crippen LogP contribution in [-0.2, 0) is 13.1 Å². The highest BCUT2D eigenvalue weighted by molar-refractivity contribution is 14.0. The molecule has 1 unspecified atom stereocenters. The molecule has 1 atom stereocenters. The summed E-state index contributed by atoms with van der Waals surface area (Å²) in [6, 6.07) is 12.5. The Bertz CT molecular complexity index is 769. The molecule has 1 heterocycles. The molecular formula is C21H32ClIN4OS. The summed E-state index contributed by atoms with van der Waals surface area (Å²) in [5.74, 6) is 0.691. The van der Waals surface area contributed by atoms with Gasteiger partial charge in [-0.3, -0.25) is 4.90 Å². The van der Waals surface area contributed by atoms with Crippen molar-refractivity contribution >= 4 is 52.9 Å². The van der Waals surface area contributed by atoms with Crippen LogP contribution < -0.4 is 10.6 Å². The fourth-order valence-electron chi connectivity index (χ4n) is 2.62. The molecule has 0 saturated heterocycles. The molecule has 162 valence electrons. The summed E-state index contributed by atoms with van der Waals surface area (Å²) in [5, 5.41) is 16.8. The van der Waals surface area contributed by atoms with E-state index in [2.05, 4.69) is 54.6 Å². The molecule has 0 fully saturated rings. The van der Waals surface area contributed by atoms with Crippen LogP contribution in [-0.4, -0.2) is 42.1 Å². The second kappa shape index (κ2) is 13.4. The van der Waals surface area contributed by atoms with E-state index in [0.717, 1.165) is 18.0 Å². The van der Waals surface area contributed by atoms with E-state index in [1.54, 1.807) is 6.07 Å². The van der Waals surface area contributed by atoms with Gasteiger partial charge in [0, 0.05) is 30.6 Å².